The van der Waals surface area contributed by atoms with Crippen molar-refractivity contribution in [2.75, 3.05) is 32.8 Å². The Morgan fingerprint density at radius 2 is 2.33 bits per heavy atom. The third-order valence-electron chi connectivity index (χ3n) is 4.69. The summed E-state index contributed by atoms with van der Waals surface area (Å²) < 4.78 is 5.35. The van der Waals surface area contributed by atoms with E-state index in [-0.39, 0.29) is 17.7 Å². The van der Waals surface area contributed by atoms with Crippen LogP contribution in [0.25, 0.3) is 0 Å². The van der Waals surface area contributed by atoms with Crippen LogP contribution in [-0.4, -0.2) is 54.5 Å². The lowest BCUT2D eigenvalue weighted by molar-refractivity contribution is -0.136. The summed E-state index contributed by atoms with van der Waals surface area (Å²) >= 11 is 1.67. The minimum absolute atomic E-state index is 0.0113. The maximum atomic E-state index is 12.6. The van der Waals surface area contributed by atoms with E-state index in [4.69, 9.17) is 9.72 Å². The number of thiazole rings is 1. The molecule has 0 radical (unpaired) electrons. The van der Waals surface area contributed by atoms with Gasteiger partial charge in [-0.15, -0.1) is 11.3 Å². The highest BCUT2D eigenvalue weighted by molar-refractivity contribution is 7.09. The molecule has 3 heterocycles. The van der Waals surface area contributed by atoms with E-state index in [1.54, 1.807) is 11.3 Å². The zero-order chi connectivity index (χ0) is 16.9. The van der Waals surface area contributed by atoms with Crippen molar-refractivity contribution in [3.63, 3.8) is 0 Å². The van der Waals surface area contributed by atoms with Crippen molar-refractivity contribution in [2.45, 2.75) is 38.5 Å². The third kappa shape index (κ3) is 4.33. The van der Waals surface area contributed by atoms with Crippen LogP contribution in [0.5, 0.6) is 0 Å². The van der Waals surface area contributed by atoms with Crippen molar-refractivity contribution >= 4 is 23.2 Å². The molecule has 3 rings (SSSR count). The first kappa shape index (κ1) is 17.4. The minimum atomic E-state index is -0.0113. The molecule has 0 unspecified atom stereocenters. The minimum Gasteiger partial charge on any atom is -0.381 e. The van der Waals surface area contributed by atoms with Crippen LogP contribution < -0.4 is 5.32 Å². The van der Waals surface area contributed by atoms with Crippen LogP contribution in [0.15, 0.2) is 5.38 Å². The molecule has 1 N–H and O–H groups in total. The Bertz CT molecular complexity index is 583. The SMILES string of the molecule is CC(=O)NCCc1csc([C@H]2CCCN(C(=O)[C@H]3CCOC3)C2)n1. The Labute approximate surface area is 146 Å². The van der Waals surface area contributed by atoms with Crippen molar-refractivity contribution < 1.29 is 14.3 Å². The molecule has 0 aromatic carbocycles. The van der Waals surface area contributed by atoms with E-state index in [0.717, 1.165) is 49.5 Å². The molecule has 1 aromatic rings. The molecule has 24 heavy (non-hydrogen) atoms. The molecule has 132 valence electrons. The van der Waals surface area contributed by atoms with Gasteiger partial charge >= 0.3 is 0 Å². The van der Waals surface area contributed by atoms with Gasteiger partial charge in [0.25, 0.3) is 0 Å². The van der Waals surface area contributed by atoms with Gasteiger partial charge in [0.2, 0.25) is 11.8 Å². The van der Waals surface area contributed by atoms with Crippen LogP contribution >= 0.6 is 11.3 Å². The highest BCUT2D eigenvalue weighted by Crippen LogP contribution is 2.30. The quantitative estimate of drug-likeness (QED) is 0.874. The third-order valence-corrected chi connectivity index (χ3v) is 5.74. The fourth-order valence-corrected chi connectivity index (χ4v) is 4.34. The number of hydrogen-bond acceptors (Lipinski definition) is 5. The molecule has 6 nitrogen and oxygen atoms in total. The highest BCUT2D eigenvalue weighted by Gasteiger charge is 2.32. The van der Waals surface area contributed by atoms with Crippen molar-refractivity contribution in [3.05, 3.63) is 16.1 Å². The van der Waals surface area contributed by atoms with Crippen LogP contribution in [0.4, 0.5) is 0 Å². The van der Waals surface area contributed by atoms with Crippen molar-refractivity contribution in [1.29, 1.82) is 0 Å². The second-order valence-corrected chi connectivity index (χ2v) is 7.48. The molecule has 0 spiro atoms. The summed E-state index contributed by atoms with van der Waals surface area (Å²) in [6, 6.07) is 0. The Morgan fingerprint density at radius 1 is 1.46 bits per heavy atom. The largest absolute Gasteiger partial charge is 0.381 e. The first-order chi connectivity index (χ1) is 11.6. The summed E-state index contributed by atoms with van der Waals surface area (Å²) in [5.41, 5.74) is 1.02. The molecule has 2 atom stereocenters. The van der Waals surface area contributed by atoms with E-state index < -0.39 is 0 Å². The van der Waals surface area contributed by atoms with Crippen molar-refractivity contribution in [3.8, 4) is 0 Å². The Hall–Kier alpha value is -1.47. The average Bonchev–Trinajstić information content (AvgIpc) is 3.26. The lowest BCUT2D eigenvalue weighted by Crippen LogP contribution is -2.42. The molecule has 0 saturated carbocycles. The number of likely N-dealkylation sites (tertiary alicyclic amines) is 1. The Morgan fingerprint density at radius 3 is 3.08 bits per heavy atom. The number of piperidine rings is 1. The second-order valence-electron chi connectivity index (χ2n) is 6.59. The summed E-state index contributed by atoms with van der Waals surface area (Å²) in [4.78, 5) is 30.2. The summed E-state index contributed by atoms with van der Waals surface area (Å²) in [5, 5.41) is 5.99. The predicted molar refractivity (Wildman–Crippen MR) is 92.0 cm³/mol. The average molecular weight is 351 g/mol. The summed E-state index contributed by atoms with van der Waals surface area (Å²) in [5.74, 6) is 0.625. The summed E-state index contributed by atoms with van der Waals surface area (Å²) in [7, 11) is 0. The Kier molecular flexibility index (Phi) is 5.84. The lowest BCUT2D eigenvalue weighted by Gasteiger charge is -2.33. The van der Waals surface area contributed by atoms with Crippen molar-refractivity contribution in [1.82, 2.24) is 15.2 Å². The van der Waals surface area contributed by atoms with Gasteiger partial charge in [0.1, 0.15) is 0 Å². The van der Waals surface area contributed by atoms with Crippen LogP contribution in [0.2, 0.25) is 0 Å². The summed E-state index contributed by atoms with van der Waals surface area (Å²) in [6.45, 7) is 5.05. The molecule has 2 saturated heterocycles. The number of hydrogen-bond donors (Lipinski definition) is 1. The van der Waals surface area contributed by atoms with E-state index in [2.05, 4.69) is 10.7 Å². The molecule has 1 aromatic heterocycles. The molecule has 7 heteroatoms. The zero-order valence-electron chi connectivity index (χ0n) is 14.1. The number of rotatable bonds is 5. The van der Waals surface area contributed by atoms with E-state index in [0.29, 0.717) is 25.7 Å². The number of carbonyl (C=O) groups is 2. The molecular weight excluding hydrogens is 326 g/mol. The smallest absolute Gasteiger partial charge is 0.228 e. The number of nitrogens with one attached hydrogen (secondary N) is 1. The number of ether oxygens (including phenoxy) is 1. The van der Waals surface area contributed by atoms with Gasteiger partial charge in [0.05, 0.1) is 23.2 Å². The normalized spacial score (nSPS) is 24.1. The van der Waals surface area contributed by atoms with E-state index >= 15 is 0 Å². The van der Waals surface area contributed by atoms with Crippen LogP contribution in [0.1, 0.15) is 42.8 Å². The van der Waals surface area contributed by atoms with Gasteiger partial charge in [-0.05, 0) is 19.3 Å². The molecule has 2 fully saturated rings. The molecule has 2 aliphatic heterocycles. The summed E-state index contributed by atoms with van der Waals surface area (Å²) in [6.07, 6.45) is 3.73. The van der Waals surface area contributed by atoms with Gasteiger partial charge in [-0.1, -0.05) is 0 Å². The first-order valence-corrected chi connectivity index (χ1v) is 9.56. The fraction of sp³-hybridized carbons (Fsp3) is 0.706. The number of carbonyl (C=O) groups excluding carboxylic acids is 2. The van der Waals surface area contributed by atoms with Crippen LogP contribution in [0, 0.1) is 5.92 Å². The zero-order valence-corrected chi connectivity index (χ0v) is 14.9. The molecule has 2 amide bonds. The van der Waals surface area contributed by atoms with Crippen LogP contribution in [0.3, 0.4) is 0 Å². The monoisotopic (exact) mass is 351 g/mol. The van der Waals surface area contributed by atoms with E-state index in [1.807, 2.05) is 4.90 Å². The van der Waals surface area contributed by atoms with Crippen LogP contribution in [-0.2, 0) is 20.7 Å². The number of nitrogens with zero attached hydrogens (tertiary/aromatic N) is 2. The fourth-order valence-electron chi connectivity index (χ4n) is 3.36. The second kappa shape index (κ2) is 8.07. The molecule has 0 bridgehead atoms. The molecular formula is C17H25N3O3S. The van der Waals surface area contributed by atoms with Gasteiger partial charge in [0.15, 0.2) is 0 Å². The maximum Gasteiger partial charge on any atom is 0.228 e. The Balaban J connectivity index is 1.55. The van der Waals surface area contributed by atoms with Gasteiger partial charge in [-0.25, -0.2) is 4.98 Å². The van der Waals surface area contributed by atoms with Gasteiger partial charge in [0, 0.05) is 50.9 Å². The van der Waals surface area contributed by atoms with Gasteiger partial charge in [-0.3, -0.25) is 9.59 Å². The predicted octanol–water partition coefficient (Wildman–Crippen LogP) is 1.56. The topological polar surface area (TPSA) is 71.5 Å². The van der Waals surface area contributed by atoms with E-state index in [1.165, 1.54) is 6.92 Å². The van der Waals surface area contributed by atoms with E-state index in [9.17, 15) is 9.59 Å². The van der Waals surface area contributed by atoms with Gasteiger partial charge < -0.3 is 15.0 Å². The highest BCUT2D eigenvalue weighted by atomic mass is 32.1. The lowest BCUT2D eigenvalue weighted by atomic mass is 9.97. The number of aromatic nitrogens is 1. The standard InChI is InChI=1S/C17H25N3O3S/c1-12(21)18-6-4-15-11-24-16(19-15)13-3-2-7-20(9-13)17(22)14-5-8-23-10-14/h11,13-14H,2-10H2,1H3,(H,18,21)/t13-,14-/m0/s1. The molecule has 2 aliphatic rings. The molecule has 0 aliphatic carbocycles. The first-order valence-electron chi connectivity index (χ1n) is 8.68. The maximum absolute atomic E-state index is 12.6. The van der Waals surface area contributed by atoms with Gasteiger partial charge in [-0.2, -0.15) is 0 Å². The number of amides is 2. The van der Waals surface area contributed by atoms with Crippen molar-refractivity contribution in [2.24, 2.45) is 5.92 Å².